The number of hydrogen-bond donors (Lipinski definition) is 2. The van der Waals surface area contributed by atoms with Crippen LogP contribution in [-0.4, -0.2) is 74.1 Å². The molecule has 13 heteroatoms. The molecule has 2 aromatic heterocycles. The Labute approximate surface area is 273 Å². The molecule has 0 saturated carbocycles. The molecule has 4 saturated heterocycles. The lowest BCUT2D eigenvalue weighted by Crippen LogP contribution is -2.51. The minimum Gasteiger partial charge on any atom is -0.508 e. The molecule has 0 radical (unpaired) electrons. The zero-order valence-corrected chi connectivity index (χ0v) is 26.9. The third-order valence-electron chi connectivity index (χ3n) is 10.6. The van der Waals surface area contributed by atoms with E-state index < -0.39 is 23.2 Å². The van der Waals surface area contributed by atoms with Crippen LogP contribution in [0.2, 0.25) is 0 Å². The maximum atomic E-state index is 15.1. The fourth-order valence-electron chi connectivity index (χ4n) is 8.53. The van der Waals surface area contributed by atoms with Gasteiger partial charge in [0.1, 0.15) is 28.6 Å². The molecule has 4 fully saturated rings. The maximum absolute atomic E-state index is 15.1. The summed E-state index contributed by atoms with van der Waals surface area (Å²) >= 11 is 1.46. The Balaban J connectivity index is 1.37. The molecule has 0 aliphatic carbocycles. The molecule has 4 aliphatic heterocycles. The topological polar surface area (TPSA) is 86.5 Å². The average Bonchev–Trinajstić information content (AvgIpc) is 3.72. The second-order valence-electron chi connectivity index (χ2n) is 13.5. The Morgan fingerprint density at radius 1 is 1.06 bits per heavy atom. The third kappa shape index (κ3) is 5.16. The molecule has 8 rings (SSSR count). The van der Waals surface area contributed by atoms with Crippen molar-refractivity contribution in [2.75, 3.05) is 36.8 Å². The average molecular weight is 669 g/mol. The molecule has 47 heavy (non-hydrogen) atoms. The smallest absolute Gasteiger partial charge is 0.431 e. The summed E-state index contributed by atoms with van der Waals surface area (Å²) in [7, 11) is 0. The number of hydrogen-bond acceptors (Lipinski definition) is 8. The monoisotopic (exact) mass is 668 g/mol. The molecule has 0 amide bonds. The van der Waals surface area contributed by atoms with E-state index in [1.54, 1.807) is 6.92 Å². The molecule has 2 bridgehead atoms. The van der Waals surface area contributed by atoms with Crippen LogP contribution in [0.3, 0.4) is 0 Å². The van der Waals surface area contributed by atoms with Crippen molar-refractivity contribution in [3.05, 3.63) is 57.8 Å². The van der Waals surface area contributed by atoms with Gasteiger partial charge in [0.15, 0.2) is 5.16 Å². The van der Waals surface area contributed by atoms with Crippen molar-refractivity contribution in [1.82, 2.24) is 24.8 Å². The molecule has 2 aromatic carbocycles. The number of thioether (sulfide) groups is 1. The van der Waals surface area contributed by atoms with Gasteiger partial charge in [0, 0.05) is 47.9 Å². The highest BCUT2D eigenvalue weighted by molar-refractivity contribution is 7.99. The molecule has 2 atom stereocenters. The van der Waals surface area contributed by atoms with Gasteiger partial charge in [-0.1, -0.05) is 24.8 Å². The van der Waals surface area contributed by atoms with Gasteiger partial charge in [0.05, 0.1) is 11.1 Å². The lowest BCUT2D eigenvalue weighted by Gasteiger charge is -2.35. The van der Waals surface area contributed by atoms with Gasteiger partial charge < -0.3 is 15.3 Å². The number of nitrogens with zero attached hydrogens (tertiary/aromatic N) is 5. The number of piperazine rings is 1. The van der Waals surface area contributed by atoms with Gasteiger partial charge in [-0.25, -0.2) is 14.4 Å². The van der Waals surface area contributed by atoms with Crippen molar-refractivity contribution in [3.63, 3.8) is 0 Å². The molecule has 8 nitrogen and oxygen atoms in total. The van der Waals surface area contributed by atoms with E-state index >= 15 is 17.6 Å². The van der Waals surface area contributed by atoms with Gasteiger partial charge in [-0.3, -0.25) is 14.3 Å². The Kier molecular flexibility index (Phi) is 7.45. The summed E-state index contributed by atoms with van der Waals surface area (Å²) < 4.78 is 60.8. The maximum Gasteiger partial charge on any atom is 0.431 e. The second kappa shape index (κ2) is 11.3. The molecule has 248 valence electrons. The predicted octanol–water partition coefficient (Wildman–Crippen LogP) is 6.02. The van der Waals surface area contributed by atoms with Crippen LogP contribution in [0.15, 0.2) is 40.3 Å². The van der Waals surface area contributed by atoms with Gasteiger partial charge >= 0.3 is 6.18 Å². The Hall–Kier alpha value is -3.42. The predicted molar refractivity (Wildman–Crippen MR) is 174 cm³/mol. The van der Waals surface area contributed by atoms with Crippen molar-refractivity contribution >= 4 is 39.3 Å². The number of aromatic hydroxyl groups is 1. The van der Waals surface area contributed by atoms with Crippen LogP contribution < -0.4 is 15.8 Å². The van der Waals surface area contributed by atoms with Crippen LogP contribution in [0.4, 0.5) is 23.4 Å². The van der Waals surface area contributed by atoms with Gasteiger partial charge in [0.25, 0.3) is 5.56 Å². The number of aryl methyl sites for hydroxylation is 1. The molecular formula is C34H36F4N6O2S. The highest BCUT2D eigenvalue weighted by atomic mass is 32.2. The molecule has 0 spiro atoms. The van der Waals surface area contributed by atoms with Crippen LogP contribution >= 0.6 is 11.8 Å². The quantitative estimate of drug-likeness (QED) is 0.147. The van der Waals surface area contributed by atoms with E-state index in [2.05, 4.69) is 15.2 Å². The number of aromatic nitrogens is 3. The third-order valence-corrected chi connectivity index (χ3v) is 11.8. The molecule has 4 aromatic rings. The van der Waals surface area contributed by atoms with Crippen molar-refractivity contribution in [2.45, 2.75) is 80.8 Å². The van der Waals surface area contributed by atoms with Crippen molar-refractivity contribution < 1.29 is 22.7 Å². The highest BCUT2D eigenvalue weighted by Crippen LogP contribution is 2.43. The van der Waals surface area contributed by atoms with Gasteiger partial charge in [-0.2, -0.15) is 13.2 Å². The summed E-state index contributed by atoms with van der Waals surface area (Å²) in [5.41, 5.74) is -2.39. The van der Waals surface area contributed by atoms with Crippen molar-refractivity contribution in [3.8, 4) is 11.4 Å². The Morgan fingerprint density at radius 3 is 2.47 bits per heavy atom. The summed E-state index contributed by atoms with van der Waals surface area (Å²) in [5.74, 6) is 0.127. The normalized spacial score (nSPS) is 22.5. The SMILES string of the molecule is CCc1c(F)ccc2cc(O)cc(-n3c(C(F)(F)F)cc4c(N5C[C@H]6CC[C@@H](C5)N6)nc(SCC56CCCN5CCC6)nc4c3=O)c12. The van der Waals surface area contributed by atoms with E-state index in [9.17, 15) is 9.90 Å². The standard InChI is InChI=1S/C34H36F4N6O2S/c1-2-23-25(35)8-5-19-13-22(45)14-26(28(19)23)44-27(34(36,37)38)15-24-29(31(44)46)40-32(47-18-33-9-3-11-43(33)12-4-10-33)41-30(24)42-16-20-6-7-21(17-42)39-20/h5,8,13-15,20-21,39,45H,2-4,6-7,9-12,16-18H2,1H3/t20-,21+. The van der Waals surface area contributed by atoms with Crippen molar-refractivity contribution in [2.24, 2.45) is 0 Å². The Bertz CT molecular complexity index is 1940. The summed E-state index contributed by atoms with van der Waals surface area (Å²) in [6, 6.07) is 6.40. The number of pyridine rings is 1. The number of nitrogens with one attached hydrogen (secondary N) is 1. The fourth-order valence-corrected chi connectivity index (χ4v) is 9.71. The molecular weight excluding hydrogens is 632 g/mol. The summed E-state index contributed by atoms with van der Waals surface area (Å²) in [6.07, 6.45) is 1.52. The van der Waals surface area contributed by atoms with E-state index in [1.165, 1.54) is 30.0 Å². The van der Waals surface area contributed by atoms with Crippen LogP contribution in [0.25, 0.3) is 27.4 Å². The lowest BCUT2D eigenvalue weighted by atomic mass is 9.97. The van der Waals surface area contributed by atoms with Gasteiger partial charge in [-0.05, 0) is 87.2 Å². The number of benzene rings is 2. The van der Waals surface area contributed by atoms with E-state index in [-0.39, 0.29) is 57.3 Å². The number of phenols is 1. The minimum atomic E-state index is -4.97. The fraction of sp³-hybridized carbons (Fsp3) is 0.500. The summed E-state index contributed by atoms with van der Waals surface area (Å²) in [6.45, 7) is 4.92. The first-order chi connectivity index (χ1) is 22.5. The van der Waals surface area contributed by atoms with E-state index in [4.69, 9.17) is 4.98 Å². The first kappa shape index (κ1) is 30.9. The second-order valence-corrected chi connectivity index (χ2v) is 14.4. The molecule has 6 heterocycles. The van der Waals surface area contributed by atoms with Crippen LogP contribution in [0.1, 0.15) is 56.7 Å². The zero-order valence-electron chi connectivity index (χ0n) is 26.0. The van der Waals surface area contributed by atoms with Gasteiger partial charge in [-0.15, -0.1) is 0 Å². The summed E-state index contributed by atoms with van der Waals surface area (Å²) in [4.78, 5) is 28.7. The largest absolute Gasteiger partial charge is 0.508 e. The number of phenolic OH excluding ortho intramolecular Hbond substituents is 1. The van der Waals surface area contributed by atoms with Gasteiger partial charge in [0.2, 0.25) is 0 Å². The zero-order chi connectivity index (χ0) is 32.7. The number of halogens is 4. The van der Waals surface area contributed by atoms with Crippen molar-refractivity contribution in [1.29, 1.82) is 0 Å². The Morgan fingerprint density at radius 2 is 1.79 bits per heavy atom. The van der Waals surface area contributed by atoms with Crippen LogP contribution in [-0.2, 0) is 12.6 Å². The number of anilines is 1. The first-order valence-electron chi connectivity index (χ1n) is 16.4. The number of alkyl halides is 3. The molecule has 2 N–H and O–H groups in total. The number of fused-ring (bicyclic) bond motifs is 5. The van der Waals surface area contributed by atoms with E-state index in [0.717, 1.165) is 69.5 Å². The van der Waals surface area contributed by atoms with E-state index in [0.29, 0.717) is 34.0 Å². The van der Waals surface area contributed by atoms with Crippen LogP contribution in [0, 0.1) is 5.82 Å². The first-order valence-corrected chi connectivity index (χ1v) is 17.4. The minimum absolute atomic E-state index is 0.0390. The molecule has 4 aliphatic rings. The van der Waals surface area contributed by atoms with Crippen LogP contribution in [0.5, 0.6) is 5.75 Å². The highest BCUT2D eigenvalue weighted by Gasteiger charge is 2.44. The number of rotatable bonds is 6. The lowest BCUT2D eigenvalue weighted by molar-refractivity contribution is -0.142. The summed E-state index contributed by atoms with van der Waals surface area (Å²) in [5, 5.41) is 15.0. The molecule has 0 unspecified atom stereocenters. The van der Waals surface area contributed by atoms with E-state index in [1.807, 2.05) is 4.90 Å².